The predicted octanol–water partition coefficient (Wildman–Crippen LogP) is 1.74. The van der Waals surface area contributed by atoms with E-state index in [1.165, 1.54) is 0 Å². The second-order valence-electron chi connectivity index (χ2n) is 7.86. The molecule has 1 N–H and O–H groups in total. The zero-order valence-electron chi connectivity index (χ0n) is 18.3. The molecule has 1 fully saturated rings. The predicted molar refractivity (Wildman–Crippen MR) is 120 cm³/mol. The van der Waals surface area contributed by atoms with Crippen LogP contribution in [0, 0.1) is 0 Å². The van der Waals surface area contributed by atoms with Crippen LogP contribution in [-0.2, 0) is 25.8 Å². The van der Waals surface area contributed by atoms with Gasteiger partial charge in [0, 0.05) is 27.2 Å². The smallest absolute Gasteiger partial charge is 0.228 e. The second-order valence-corrected chi connectivity index (χ2v) is 10.4. The number of amides is 1. The molecule has 1 aromatic carbocycles. The zero-order chi connectivity index (χ0) is 22.6. The summed E-state index contributed by atoms with van der Waals surface area (Å²) in [6, 6.07) is 6.42. The summed E-state index contributed by atoms with van der Waals surface area (Å²) in [5.41, 5.74) is 1.24. The lowest BCUT2D eigenvalue weighted by Crippen LogP contribution is -2.37. The number of carbonyl (C=O) groups excluding carboxylic acids is 1. The molecule has 2 aromatic rings. The Kier molecular flexibility index (Phi) is 7.11. The Hall–Kier alpha value is -2.72. The summed E-state index contributed by atoms with van der Waals surface area (Å²) in [6.07, 6.45) is 1.73. The average Bonchev–Trinajstić information content (AvgIpc) is 2.74. The number of anilines is 3. The van der Waals surface area contributed by atoms with Crippen LogP contribution in [0.4, 0.5) is 17.5 Å². The summed E-state index contributed by atoms with van der Waals surface area (Å²) in [6.45, 7) is 6.01. The van der Waals surface area contributed by atoms with Gasteiger partial charge in [-0.25, -0.2) is 13.4 Å². The quantitative estimate of drug-likeness (QED) is 0.684. The molecule has 0 atom stereocenters. The van der Waals surface area contributed by atoms with Crippen molar-refractivity contribution in [2.24, 2.45) is 0 Å². The minimum atomic E-state index is -3.33. The summed E-state index contributed by atoms with van der Waals surface area (Å²) >= 11 is 0. The van der Waals surface area contributed by atoms with Crippen LogP contribution in [0.15, 0.2) is 35.4 Å². The second kappa shape index (κ2) is 9.61. The van der Waals surface area contributed by atoms with Gasteiger partial charge >= 0.3 is 0 Å². The monoisotopic (exact) mass is 447 g/mol. The van der Waals surface area contributed by atoms with Crippen molar-refractivity contribution in [2.75, 3.05) is 55.5 Å². The van der Waals surface area contributed by atoms with Crippen LogP contribution < -0.4 is 15.1 Å². The Morgan fingerprint density at radius 3 is 2.42 bits per heavy atom. The molecule has 0 radical (unpaired) electrons. The minimum absolute atomic E-state index is 0.111. The highest BCUT2D eigenvalue weighted by molar-refractivity contribution is 7.92. The van der Waals surface area contributed by atoms with Crippen molar-refractivity contribution in [2.45, 2.75) is 30.4 Å². The molecule has 1 aliphatic rings. The molecule has 10 heteroatoms. The van der Waals surface area contributed by atoms with E-state index in [1.807, 2.05) is 19.0 Å². The van der Waals surface area contributed by atoms with Gasteiger partial charge in [0.2, 0.25) is 11.9 Å². The van der Waals surface area contributed by atoms with Gasteiger partial charge in [0.15, 0.2) is 15.7 Å². The number of hydrogen-bond acceptors (Lipinski definition) is 8. The van der Waals surface area contributed by atoms with Crippen LogP contribution in [0.25, 0.3) is 0 Å². The van der Waals surface area contributed by atoms with E-state index in [-0.39, 0.29) is 17.2 Å². The first-order valence-corrected chi connectivity index (χ1v) is 11.7. The number of nitrogens with one attached hydrogen (secondary N) is 1. The first-order chi connectivity index (χ1) is 14.7. The topological polar surface area (TPSA) is 105 Å². The summed E-state index contributed by atoms with van der Waals surface area (Å²) < 4.78 is 29.9. The molecule has 1 amide bonds. The SMILES string of the molecule is CC(C)S(=O)(=O)c1ccc(CC(=O)Nc2cnc(N3CCOCC3)nc2N(C)C)cc1. The maximum absolute atomic E-state index is 12.6. The van der Waals surface area contributed by atoms with Gasteiger partial charge in [-0.2, -0.15) is 4.98 Å². The van der Waals surface area contributed by atoms with E-state index in [1.54, 1.807) is 44.3 Å². The summed E-state index contributed by atoms with van der Waals surface area (Å²) in [5.74, 6) is 0.987. The number of sulfone groups is 1. The fourth-order valence-corrected chi connectivity index (χ4v) is 4.22. The number of carbonyl (C=O) groups is 1. The molecule has 0 spiro atoms. The van der Waals surface area contributed by atoms with Crippen LogP contribution in [-0.4, -0.2) is 69.9 Å². The Morgan fingerprint density at radius 2 is 1.84 bits per heavy atom. The van der Waals surface area contributed by atoms with E-state index >= 15 is 0 Å². The minimum Gasteiger partial charge on any atom is -0.378 e. The molecule has 1 aliphatic heterocycles. The fraction of sp³-hybridized carbons (Fsp3) is 0.476. The number of nitrogens with zero attached hydrogens (tertiary/aromatic N) is 4. The van der Waals surface area contributed by atoms with Crippen molar-refractivity contribution in [3.05, 3.63) is 36.0 Å². The van der Waals surface area contributed by atoms with Crippen LogP contribution in [0.2, 0.25) is 0 Å². The van der Waals surface area contributed by atoms with Gasteiger partial charge in [-0.1, -0.05) is 12.1 Å². The molecule has 0 unspecified atom stereocenters. The van der Waals surface area contributed by atoms with Crippen molar-refractivity contribution in [1.29, 1.82) is 0 Å². The van der Waals surface area contributed by atoms with E-state index < -0.39 is 15.1 Å². The lowest BCUT2D eigenvalue weighted by molar-refractivity contribution is -0.115. The van der Waals surface area contributed by atoms with E-state index in [4.69, 9.17) is 4.74 Å². The molecule has 3 rings (SSSR count). The van der Waals surface area contributed by atoms with Gasteiger partial charge in [0.25, 0.3) is 0 Å². The van der Waals surface area contributed by atoms with E-state index in [0.29, 0.717) is 30.7 Å². The average molecular weight is 448 g/mol. The van der Waals surface area contributed by atoms with E-state index in [0.717, 1.165) is 18.7 Å². The Balaban J connectivity index is 1.71. The highest BCUT2D eigenvalue weighted by atomic mass is 32.2. The standard InChI is InChI=1S/C21H29N5O4S/c1-15(2)31(28,29)17-7-5-16(6-8-17)13-19(27)23-18-14-22-21(24-20(18)25(3)4)26-9-11-30-12-10-26/h5-8,14-15H,9-13H2,1-4H3,(H,23,27). The molecular weight excluding hydrogens is 418 g/mol. The molecule has 1 aromatic heterocycles. The molecule has 0 aliphatic carbocycles. The summed E-state index contributed by atoms with van der Waals surface area (Å²) in [5, 5.41) is 2.37. The van der Waals surface area contributed by atoms with Crippen LogP contribution in [0.5, 0.6) is 0 Å². The first kappa shape index (κ1) is 23.0. The third-order valence-corrected chi connectivity index (χ3v) is 7.16. The number of benzene rings is 1. The summed E-state index contributed by atoms with van der Waals surface area (Å²) in [7, 11) is 0.379. The number of hydrogen-bond donors (Lipinski definition) is 1. The lowest BCUT2D eigenvalue weighted by Gasteiger charge is -2.28. The maximum atomic E-state index is 12.6. The molecule has 31 heavy (non-hydrogen) atoms. The van der Waals surface area contributed by atoms with Crippen molar-refractivity contribution >= 4 is 33.2 Å². The van der Waals surface area contributed by atoms with Gasteiger partial charge < -0.3 is 19.9 Å². The summed E-state index contributed by atoms with van der Waals surface area (Å²) in [4.78, 5) is 25.8. The van der Waals surface area contributed by atoms with Crippen LogP contribution in [0.3, 0.4) is 0 Å². The maximum Gasteiger partial charge on any atom is 0.228 e. The van der Waals surface area contributed by atoms with Crippen LogP contribution >= 0.6 is 0 Å². The van der Waals surface area contributed by atoms with Gasteiger partial charge in [0.1, 0.15) is 5.69 Å². The van der Waals surface area contributed by atoms with E-state index in [9.17, 15) is 13.2 Å². The van der Waals surface area contributed by atoms with Gasteiger partial charge in [-0.3, -0.25) is 4.79 Å². The van der Waals surface area contributed by atoms with Gasteiger partial charge in [-0.05, 0) is 31.5 Å². The first-order valence-electron chi connectivity index (χ1n) is 10.2. The lowest BCUT2D eigenvalue weighted by atomic mass is 10.1. The Bertz CT molecular complexity index is 1020. The molecular formula is C21H29N5O4S. The van der Waals surface area contributed by atoms with Crippen LogP contribution in [0.1, 0.15) is 19.4 Å². The highest BCUT2D eigenvalue weighted by Gasteiger charge is 2.20. The van der Waals surface area contributed by atoms with Crippen molar-refractivity contribution in [3.63, 3.8) is 0 Å². The van der Waals surface area contributed by atoms with Crippen molar-refractivity contribution < 1.29 is 17.9 Å². The molecule has 0 bridgehead atoms. The number of aromatic nitrogens is 2. The van der Waals surface area contributed by atoms with Crippen molar-refractivity contribution in [3.8, 4) is 0 Å². The zero-order valence-corrected chi connectivity index (χ0v) is 19.1. The molecule has 9 nitrogen and oxygen atoms in total. The van der Waals surface area contributed by atoms with Crippen molar-refractivity contribution in [1.82, 2.24) is 9.97 Å². The number of rotatable bonds is 7. The highest BCUT2D eigenvalue weighted by Crippen LogP contribution is 2.24. The number of morpholine rings is 1. The van der Waals surface area contributed by atoms with Gasteiger partial charge in [0.05, 0.1) is 36.0 Å². The Labute approximate surface area is 183 Å². The van der Waals surface area contributed by atoms with Gasteiger partial charge in [-0.15, -0.1) is 0 Å². The third-order valence-electron chi connectivity index (χ3n) is 4.98. The molecule has 168 valence electrons. The number of ether oxygens (including phenoxy) is 1. The fourth-order valence-electron chi connectivity index (χ4n) is 3.16. The largest absolute Gasteiger partial charge is 0.378 e. The molecule has 1 saturated heterocycles. The molecule has 0 saturated carbocycles. The molecule has 2 heterocycles. The Morgan fingerprint density at radius 1 is 1.19 bits per heavy atom. The third kappa shape index (κ3) is 5.50. The van der Waals surface area contributed by atoms with E-state index in [2.05, 4.69) is 20.2 Å². The normalized spacial score (nSPS) is 14.5.